The Kier molecular flexibility index (Phi) is 5.75. The highest BCUT2D eigenvalue weighted by atomic mass is 32.1. The van der Waals surface area contributed by atoms with Gasteiger partial charge in [-0.25, -0.2) is 0 Å². The van der Waals surface area contributed by atoms with Crippen LogP contribution in [0.4, 0.5) is 0 Å². The van der Waals surface area contributed by atoms with Crippen LogP contribution >= 0.6 is 12.6 Å². The average molecular weight is 261 g/mol. The highest BCUT2D eigenvalue weighted by Gasteiger charge is 2.06. The fourth-order valence-electron chi connectivity index (χ4n) is 1.49. The SMILES string of the molecule is C=C/C=C\C(=C/C)Oc1cc(S)c(CN)cc1C. The van der Waals surface area contributed by atoms with Crippen molar-refractivity contribution in [2.45, 2.75) is 25.3 Å². The summed E-state index contributed by atoms with van der Waals surface area (Å²) in [5.74, 6) is 1.56. The zero-order valence-electron chi connectivity index (χ0n) is 10.8. The number of ether oxygens (including phenoxy) is 1. The van der Waals surface area contributed by atoms with Crippen LogP contribution in [0.5, 0.6) is 5.75 Å². The second-order valence-corrected chi connectivity index (χ2v) is 4.32. The van der Waals surface area contributed by atoms with Gasteiger partial charge in [-0.15, -0.1) is 12.6 Å². The first-order chi connectivity index (χ1) is 8.62. The van der Waals surface area contributed by atoms with Gasteiger partial charge in [0, 0.05) is 11.4 Å². The molecule has 0 amide bonds. The predicted octanol–water partition coefficient (Wildman–Crippen LogP) is 3.77. The van der Waals surface area contributed by atoms with Crippen molar-refractivity contribution in [1.29, 1.82) is 0 Å². The summed E-state index contributed by atoms with van der Waals surface area (Å²) in [5.41, 5.74) is 7.70. The molecule has 0 aliphatic rings. The Balaban J connectivity index is 3.00. The number of nitrogens with two attached hydrogens (primary N) is 1. The zero-order valence-corrected chi connectivity index (χ0v) is 11.7. The molecule has 18 heavy (non-hydrogen) atoms. The van der Waals surface area contributed by atoms with Gasteiger partial charge >= 0.3 is 0 Å². The average Bonchev–Trinajstić information content (AvgIpc) is 2.37. The minimum Gasteiger partial charge on any atom is -0.457 e. The van der Waals surface area contributed by atoms with Crippen molar-refractivity contribution in [2.75, 3.05) is 0 Å². The van der Waals surface area contributed by atoms with E-state index in [0.717, 1.165) is 27.5 Å². The van der Waals surface area contributed by atoms with Crippen LogP contribution < -0.4 is 10.5 Å². The van der Waals surface area contributed by atoms with Crippen LogP contribution in [0.1, 0.15) is 18.1 Å². The lowest BCUT2D eigenvalue weighted by atomic mass is 10.1. The van der Waals surface area contributed by atoms with Gasteiger partial charge in [0.25, 0.3) is 0 Å². The molecule has 0 saturated heterocycles. The maximum Gasteiger partial charge on any atom is 0.131 e. The molecule has 3 heteroatoms. The first-order valence-electron chi connectivity index (χ1n) is 5.78. The molecule has 96 valence electrons. The summed E-state index contributed by atoms with van der Waals surface area (Å²) in [4.78, 5) is 0.848. The summed E-state index contributed by atoms with van der Waals surface area (Å²) in [6.45, 7) is 8.03. The summed E-state index contributed by atoms with van der Waals surface area (Å²) in [7, 11) is 0. The molecule has 1 aromatic rings. The van der Waals surface area contributed by atoms with Crippen molar-refractivity contribution in [1.82, 2.24) is 0 Å². The third-order valence-electron chi connectivity index (χ3n) is 2.51. The standard InChI is InChI=1S/C15H19NOS/c1-4-6-7-13(5-2)17-14-9-15(18)12(10-16)8-11(14)3/h4-9,18H,1,10,16H2,2-3H3/b7-6-,13-5+. The van der Waals surface area contributed by atoms with Gasteiger partial charge in [-0.05, 0) is 49.3 Å². The van der Waals surface area contributed by atoms with Crippen molar-refractivity contribution >= 4 is 12.6 Å². The molecule has 0 fully saturated rings. The predicted molar refractivity (Wildman–Crippen MR) is 80.0 cm³/mol. The maximum atomic E-state index is 5.81. The minimum absolute atomic E-state index is 0.479. The molecule has 0 aromatic heterocycles. The molecule has 0 aliphatic carbocycles. The van der Waals surface area contributed by atoms with Crippen LogP contribution in [0.3, 0.4) is 0 Å². The van der Waals surface area contributed by atoms with Gasteiger partial charge in [0.15, 0.2) is 0 Å². The zero-order chi connectivity index (χ0) is 13.5. The third kappa shape index (κ3) is 3.79. The highest BCUT2D eigenvalue weighted by Crippen LogP contribution is 2.27. The fourth-order valence-corrected chi connectivity index (χ4v) is 1.76. The van der Waals surface area contributed by atoms with Gasteiger partial charge in [-0.1, -0.05) is 18.7 Å². The Morgan fingerprint density at radius 2 is 2.22 bits per heavy atom. The van der Waals surface area contributed by atoms with Gasteiger partial charge in [0.05, 0.1) is 0 Å². The molecule has 0 spiro atoms. The molecule has 0 radical (unpaired) electrons. The number of rotatable bonds is 5. The second kappa shape index (κ2) is 7.09. The molecular weight excluding hydrogens is 242 g/mol. The number of aryl methyl sites for hydroxylation is 1. The number of allylic oxidation sites excluding steroid dienone is 4. The normalized spacial score (nSPS) is 11.9. The number of benzene rings is 1. The van der Waals surface area contributed by atoms with Gasteiger partial charge in [-0.3, -0.25) is 0 Å². The van der Waals surface area contributed by atoms with Crippen molar-refractivity contribution in [3.8, 4) is 5.75 Å². The van der Waals surface area contributed by atoms with Crippen molar-refractivity contribution in [3.63, 3.8) is 0 Å². The Morgan fingerprint density at radius 1 is 1.50 bits per heavy atom. The van der Waals surface area contributed by atoms with E-state index in [1.54, 1.807) is 6.08 Å². The Bertz CT molecular complexity index is 490. The van der Waals surface area contributed by atoms with Gasteiger partial charge in [0.2, 0.25) is 0 Å². The van der Waals surface area contributed by atoms with Crippen LogP contribution in [0, 0.1) is 6.92 Å². The smallest absolute Gasteiger partial charge is 0.131 e. The molecule has 1 rings (SSSR count). The summed E-state index contributed by atoms with van der Waals surface area (Å²) in [6.07, 6.45) is 7.30. The van der Waals surface area contributed by atoms with E-state index in [9.17, 15) is 0 Å². The van der Waals surface area contributed by atoms with Crippen LogP contribution in [-0.2, 0) is 6.54 Å². The topological polar surface area (TPSA) is 35.2 Å². The quantitative estimate of drug-likeness (QED) is 0.481. The molecule has 0 aliphatic heterocycles. The van der Waals surface area contributed by atoms with E-state index >= 15 is 0 Å². The summed E-state index contributed by atoms with van der Waals surface area (Å²) in [6, 6.07) is 3.90. The van der Waals surface area contributed by atoms with Gasteiger partial charge in [-0.2, -0.15) is 0 Å². The number of thiol groups is 1. The summed E-state index contributed by atoms with van der Waals surface area (Å²) >= 11 is 4.40. The lowest BCUT2D eigenvalue weighted by molar-refractivity contribution is 0.438. The lowest BCUT2D eigenvalue weighted by Gasteiger charge is -2.12. The van der Waals surface area contributed by atoms with Crippen LogP contribution in [0.15, 0.2) is 53.7 Å². The Hall–Kier alpha value is -1.45. The van der Waals surface area contributed by atoms with E-state index in [1.807, 2.05) is 44.2 Å². The van der Waals surface area contributed by atoms with Gasteiger partial charge < -0.3 is 10.5 Å². The first kappa shape index (κ1) is 14.6. The van der Waals surface area contributed by atoms with Crippen molar-refractivity contribution in [2.24, 2.45) is 5.73 Å². The second-order valence-electron chi connectivity index (χ2n) is 3.84. The fraction of sp³-hybridized carbons (Fsp3) is 0.200. The van der Waals surface area contributed by atoms with E-state index in [1.165, 1.54) is 0 Å². The lowest BCUT2D eigenvalue weighted by Crippen LogP contribution is -2.00. The van der Waals surface area contributed by atoms with Crippen molar-refractivity contribution in [3.05, 3.63) is 59.9 Å². The first-order valence-corrected chi connectivity index (χ1v) is 6.23. The molecule has 2 nitrogen and oxygen atoms in total. The minimum atomic E-state index is 0.479. The van der Waals surface area contributed by atoms with Crippen LogP contribution in [-0.4, -0.2) is 0 Å². The largest absolute Gasteiger partial charge is 0.457 e. The monoisotopic (exact) mass is 261 g/mol. The molecule has 2 N–H and O–H groups in total. The maximum absolute atomic E-state index is 5.81. The summed E-state index contributed by atoms with van der Waals surface area (Å²) in [5, 5.41) is 0. The Morgan fingerprint density at radius 3 is 2.78 bits per heavy atom. The van der Waals surface area contributed by atoms with Crippen molar-refractivity contribution < 1.29 is 4.74 Å². The number of hydrogen-bond acceptors (Lipinski definition) is 3. The third-order valence-corrected chi connectivity index (χ3v) is 2.92. The number of hydrogen-bond donors (Lipinski definition) is 2. The van der Waals surface area contributed by atoms with Crippen LogP contribution in [0.2, 0.25) is 0 Å². The molecule has 0 saturated carbocycles. The highest BCUT2D eigenvalue weighted by molar-refractivity contribution is 7.80. The van der Waals surface area contributed by atoms with E-state index in [4.69, 9.17) is 10.5 Å². The molecule has 0 heterocycles. The van der Waals surface area contributed by atoms with Gasteiger partial charge in [0.1, 0.15) is 11.5 Å². The molecule has 0 unspecified atom stereocenters. The molecule has 0 atom stereocenters. The van der Waals surface area contributed by atoms with E-state index in [-0.39, 0.29) is 0 Å². The molecule has 0 bridgehead atoms. The van der Waals surface area contributed by atoms with E-state index < -0.39 is 0 Å². The van der Waals surface area contributed by atoms with E-state index in [2.05, 4.69) is 19.2 Å². The molecular formula is C15H19NOS. The van der Waals surface area contributed by atoms with E-state index in [0.29, 0.717) is 6.54 Å². The Labute approximate surface area is 114 Å². The molecule has 1 aromatic carbocycles. The van der Waals surface area contributed by atoms with Crippen LogP contribution in [0.25, 0.3) is 0 Å². The summed E-state index contributed by atoms with van der Waals surface area (Å²) < 4.78 is 5.81.